The Bertz CT molecular complexity index is 822. The Labute approximate surface area is 133 Å². The molecule has 0 amide bonds. The van der Waals surface area contributed by atoms with E-state index in [1.165, 1.54) is 44.6 Å². The zero-order valence-corrected chi connectivity index (χ0v) is 13.3. The van der Waals surface area contributed by atoms with E-state index in [9.17, 15) is 12.8 Å². The van der Waals surface area contributed by atoms with Crippen LogP contribution in [0.4, 0.5) is 4.39 Å². The van der Waals surface area contributed by atoms with E-state index >= 15 is 0 Å². The molecule has 0 aliphatic carbocycles. The van der Waals surface area contributed by atoms with Gasteiger partial charge in [0.2, 0.25) is 0 Å². The van der Waals surface area contributed by atoms with E-state index in [1.807, 2.05) is 4.83 Å². The largest absolute Gasteiger partial charge is 0.497 e. The molecule has 0 saturated carbocycles. The molecule has 23 heavy (non-hydrogen) atoms. The fourth-order valence-corrected chi connectivity index (χ4v) is 2.77. The Morgan fingerprint density at radius 3 is 2.52 bits per heavy atom. The molecule has 0 atom stereocenters. The van der Waals surface area contributed by atoms with Crippen molar-refractivity contribution in [1.29, 1.82) is 0 Å². The van der Waals surface area contributed by atoms with Crippen molar-refractivity contribution in [2.24, 2.45) is 5.10 Å². The van der Waals surface area contributed by atoms with E-state index in [1.54, 1.807) is 12.1 Å². The Kier molecular flexibility index (Phi) is 5.17. The molecular weight excluding hydrogens is 323 g/mol. The molecule has 8 heteroatoms. The lowest BCUT2D eigenvalue weighted by molar-refractivity contribution is 0.392. The monoisotopic (exact) mass is 338 g/mol. The van der Waals surface area contributed by atoms with Gasteiger partial charge in [-0.2, -0.15) is 18.4 Å². The second-order valence-electron chi connectivity index (χ2n) is 4.39. The number of rotatable bonds is 6. The Hall–Kier alpha value is -2.61. The maximum atomic E-state index is 13.4. The lowest BCUT2D eigenvalue weighted by Gasteiger charge is -2.10. The van der Waals surface area contributed by atoms with Gasteiger partial charge in [0, 0.05) is 11.6 Å². The lowest BCUT2D eigenvalue weighted by Crippen LogP contribution is -2.19. The van der Waals surface area contributed by atoms with Crippen LogP contribution in [0.5, 0.6) is 11.5 Å². The van der Waals surface area contributed by atoms with Gasteiger partial charge in [0.25, 0.3) is 10.0 Å². The molecular formula is C15H15FN2O4S. The lowest BCUT2D eigenvalue weighted by atomic mass is 10.2. The van der Waals surface area contributed by atoms with Gasteiger partial charge in [-0.15, -0.1) is 0 Å². The first kappa shape index (κ1) is 16.8. The van der Waals surface area contributed by atoms with Gasteiger partial charge in [-0.25, -0.2) is 4.39 Å². The topological polar surface area (TPSA) is 77.0 Å². The Morgan fingerprint density at radius 1 is 1.13 bits per heavy atom. The molecule has 6 nitrogen and oxygen atoms in total. The highest BCUT2D eigenvalue weighted by atomic mass is 32.2. The summed E-state index contributed by atoms with van der Waals surface area (Å²) >= 11 is 0. The maximum absolute atomic E-state index is 13.4. The van der Waals surface area contributed by atoms with Crippen LogP contribution in [-0.4, -0.2) is 28.9 Å². The number of nitrogens with zero attached hydrogens (tertiary/aromatic N) is 1. The van der Waals surface area contributed by atoms with Crippen LogP contribution in [0.15, 0.2) is 52.5 Å². The van der Waals surface area contributed by atoms with Crippen LogP contribution >= 0.6 is 0 Å². The van der Waals surface area contributed by atoms with Gasteiger partial charge >= 0.3 is 0 Å². The highest BCUT2D eigenvalue weighted by Crippen LogP contribution is 2.27. The van der Waals surface area contributed by atoms with Crippen LogP contribution in [0.25, 0.3) is 0 Å². The van der Waals surface area contributed by atoms with E-state index < -0.39 is 15.8 Å². The summed E-state index contributed by atoms with van der Waals surface area (Å²) in [4.78, 5) is 1.88. The van der Waals surface area contributed by atoms with Crippen molar-refractivity contribution in [3.63, 3.8) is 0 Å². The maximum Gasteiger partial charge on any atom is 0.280 e. The first-order valence-electron chi connectivity index (χ1n) is 6.49. The van der Waals surface area contributed by atoms with Crippen molar-refractivity contribution in [1.82, 2.24) is 4.83 Å². The SMILES string of the molecule is COc1ccc(OC)c(S(=O)(=O)N/N=C/c2ccccc2F)c1. The molecule has 0 fully saturated rings. The normalized spacial score (nSPS) is 11.4. The van der Waals surface area contributed by atoms with Gasteiger partial charge in [-0.3, -0.25) is 0 Å². The molecule has 0 heterocycles. The molecule has 0 spiro atoms. The number of hydrogen-bond acceptors (Lipinski definition) is 5. The molecule has 0 aliphatic rings. The average Bonchev–Trinajstić information content (AvgIpc) is 2.56. The first-order chi connectivity index (χ1) is 11.0. The van der Waals surface area contributed by atoms with E-state index in [0.29, 0.717) is 5.75 Å². The van der Waals surface area contributed by atoms with Crippen LogP contribution < -0.4 is 14.3 Å². The summed E-state index contributed by atoms with van der Waals surface area (Å²) in [7, 11) is -1.22. The summed E-state index contributed by atoms with van der Waals surface area (Å²) in [5, 5.41) is 3.58. The van der Waals surface area contributed by atoms with Gasteiger partial charge < -0.3 is 9.47 Å². The first-order valence-corrected chi connectivity index (χ1v) is 7.97. The fourth-order valence-electron chi connectivity index (χ4n) is 1.79. The molecule has 2 rings (SSSR count). The number of ether oxygens (including phenoxy) is 2. The van der Waals surface area contributed by atoms with Crippen LogP contribution in [0.3, 0.4) is 0 Å². The minimum Gasteiger partial charge on any atom is -0.497 e. The summed E-state index contributed by atoms with van der Waals surface area (Å²) in [6.45, 7) is 0. The quantitative estimate of drug-likeness (QED) is 0.647. The van der Waals surface area contributed by atoms with Crippen molar-refractivity contribution in [2.45, 2.75) is 4.90 Å². The van der Waals surface area contributed by atoms with Crippen molar-refractivity contribution < 1.29 is 22.3 Å². The molecule has 0 radical (unpaired) electrons. The molecule has 0 aromatic heterocycles. The minimum absolute atomic E-state index is 0.134. The predicted octanol–water partition coefficient (Wildman–Crippen LogP) is 2.16. The fraction of sp³-hybridized carbons (Fsp3) is 0.133. The standard InChI is InChI=1S/C15H15FN2O4S/c1-21-12-7-8-14(22-2)15(9-12)23(19,20)18-17-10-11-5-3-4-6-13(11)16/h3-10,18H,1-2H3/b17-10+. The van der Waals surface area contributed by atoms with Crippen molar-refractivity contribution in [3.8, 4) is 11.5 Å². The van der Waals surface area contributed by atoms with Gasteiger partial charge in [0.15, 0.2) is 0 Å². The Morgan fingerprint density at radius 2 is 1.87 bits per heavy atom. The summed E-state index contributed by atoms with van der Waals surface area (Å²) in [5.74, 6) is -0.0157. The zero-order valence-electron chi connectivity index (χ0n) is 12.5. The van der Waals surface area contributed by atoms with Crippen LogP contribution in [0.2, 0.25) is 0 Å². The third kappa shape index (κ3) is 3.98. The summed E-state index contributed by atoms with van der Waals surface area (Å²) in [5.41, 5.74) is 0.160. The summed E-state index contributed by atoms with van der Waals surface area (Å²) in [6.07, 6.45) is 1.08. The van der Waals surface area contributed by atoms with Crippen molar-refractivity contribution in [2.75, 3.05) is 14.2 Å². The number of sulfonamides is 1. The summed E-state index contributed by atoms with van der Waals surface area (Å²) < 4.78 is 48.1. The number of nitrogens with one attached hydrogen (secondary N) is 1. The highest BCUT2D eigenvalue weighted by Gasteiger charge is 2.20. The zero-order chi connectivity index (χ0) is 16.9. The van der Waals surface area contributed by atoms with Crippen LogP contribution in [0.1, 0.15) is 5.56 Å². The molecule has 2 aromatic carbocycles. The van der Waals surface area contributed by atoms with Gasteiger partial charge in [0.1, 0.15) is 22.2 Å². The van der Waals surface area contributed by atoms with E-state index in [0.717, 1.165) is 6.21 Å². The molecule has 0 bridgehead atoms. The number of hydrogen-bond donors (Lipinski definition) is 1. The van der Waals surface area contributed by atoms with E-state index in [2.05, 4.69) is 5.10 Å². The molecule has 0 saturated heterocycles. The van der Waals surface area contributed by atoms with Crippen molar-refractivity contribution in [3.05, 3.63) is 53.8 Å². The number of hydrazone groups is 1. The average molecular weight is 338 g/mol. The summed E-state index contributed by atoms with van der Waals surface area (Å²) in [6, 6.07) is 10.2. The van der Waals surface area contributed by atoms with Crippen LogP contribution in [0, 0.1) is 5.82 Å². The molecule has 122 valence electrons. The second-order valence-corrected chi connectivity index (χ2v) is 6.02. The van der Waals surface area contributed by atoms with Crippen LogP contribution in [-0.2, 0) is 10.0 Å². The molecule has 0 aliphatic heterocycles. The minimum atomic E-state index is -3.99. The number of halogens is 1. The molecule has 1 N–H and O–H groups in total. The number of benzene rings is 2. The van der Waals surface area contributed by atoms with Gasteiger partial charge in [0.05, 0.1) is 20.4 Å². The number of methoxy groups -OCH3 is 2. The third-order valence-corrected chi connectivity index (χ3v) is 4.19. The van der Waals surface area contributed by atoms with Gasteiger partial charge in [-0.05, 0) is 18.2 Å². The van der Waals surface area contributed by atoms with Crippen molar-refractivity contribution >= 4 is 16.2 Å². The smallest absolute Gasteiger partial charge is 0.280 e. The highest BCUT2D eigenvalue weighted by molar-refractivity contribution is 7.89. The second kappa shape index (κ2) is 7.10. The van der Waals surface area contributed by atoms with E-state index in [4.69, 9.17) is 9.47 Å². The molecule has 2 aromatic rings. The Balaban J connectivity index is 2.27. The predicted molar refractivity (Wildman–Crippen MR) is 83.9 cm³/mol. The van der Waals surface area contributed by atoms with E-state index in [-0.39, 0.29) is 16.2 Å². The molecule has 0 unspecified atom stereocenters. The third-order valence-electron chi connectivity index (χ3n) is 2.94. The van der Waals surface area contributed by atoms with Gasteiger partial charge in [-0.1, -0.05) is 18.2 Å².